The molecule has 1 spiro atoms. The Morgan fingerprint density at radius 2 is 2.04 bits per heavy atom. The van der Waals surface area contributed by atoms with Crippen molar-refractivity contribution in [2.75, 3.05) is 11.4 Å². The van der Waals surface area contributed by atoms with E-state index in [1.807, 2.05) is 13.8 Å². The number of amides is 3. The molecular formula is C17H19FN4O3S. The van der Waals surface area contributed by atoms with E-state index in [2.05, 4.69) is 10.4 Å². The van der Waals surface area contributed by atoms with E-state index in [9.17, 15) is 18.8 Å². The second-order valence-electron chi connectivity index (χ2n) is 6.63. The minimum Gasteiger partial charge on any atom is -0.309 e. The Hall–Kier alpha value is -2.42. The summed E-state index contributed by atoms with van der Waals surface area (Å²) in [4.78, 5) is 37.0. The largest absolute Gasteiger partial charge is 0.309 e. The summed E-state index contributed by atoms with van der Waals surface area (Å²) in [7, 11) is 0. The molecule has 3 amide bonds. The maximum atomic E-state index is 14.0. The van der Waals surface area contributed by atoms with Crippen molar-refractivity contribution in [1.29, 1.82) is 0 Å². The van der Waals surface area contributed by atoms with Crippen molar-refractivity contribution in [3.8, 4) is 0 Å². The average molecular weight is 378 g/mol. The predicted octanol–water partition coefficient (Wildman–Crippen LogP) is 1.98. The summed E-state index contributed by atoms with van der Waals surface area (Å²) >= 11 is 0.941. The minimum absolute atomic E-state index is 0.127. The third kappa shape index (κ3) is 2.76. The lowest BCUT2D eigenvalue weighted by atomic mass is 10.1. The zero-order valence-corrected chi connectivity index (χ0v) is 15.7. The summed E-state index contributed by atoms with van der Waals surface area (Å²) in [6.07, 6.45) is 0. The molecule has 2 heterocycles. The quantitative estimate of drug-likeness (QED) is 0.853. The number of hydrazone groups is 1. The molecule has 1 aromatic rings. The third-order valence-electron chi connectivity index (χ3n) is 4.01. The number of carbonyl (C=O) groups excluding carboxylic acids is 3. The van der Waals surface area contributed by atoms with E-state index in [1.165, 1.54) is 32.0 Å². The number of carbonyl (C=O) groups is 3. The van der Waals surface area contributed by atoms with Crippen LogP contribution in [0.25, 0.3) is 0 Å². The number of halogens is 1. The highest BCUT2D eigenvalue weighted by molar-refractivity contribution is 8.15. The number of fused-ring (bicyclic) bond motifs is 2. The summed E-state index contributed by atoms with van der Waals surface area (Å²) in [5, 5.41) is 7.79. The first-order valence-corrected chi connectivity index (χ1v) is 8.96. The molecule has 0 saturated carbocycles. The van der Waals surface area contributed by atoms with Crippen LogP contribution < -0.4 is 10.2 Å². The number of hydrogen-bond donors (Lipinski definition) is 1. The molecule has 0 bridgehead atoms. The van der Waals surface area contributed by atoms with Gasteiger partial charge in [-0.15, -0.1) is 5.10 Å². The summed E-state index contributed by atoms with van der Waals surface area (Å²) in [5.41, 5.74) is 0.899. The summed E-state index contributed by atoms with van der Waals surface area (Å²) in [5.74, 6) is -1.58. The van der Waals surface area contributed by atoms with Gasteiger partial charge in [0.2, 0.25) is 16.7 Å². The van der Waals surface area contributed by atoms with E-state index in [1.54, 1.807) is 4.90 Å². The number of thioether (sulfide) groups is 1. The Labute approximate surface area is 154 Å². The number of benzene rings is 1. The highest BCUT2D eigenvalue weighted by atomic mass is 32.2. The molecular weight excluding hydrogens is 359 g/mol. The summed E-state index contributed by atoms with van der Waals surface area (Å²) < 4.78 is 14.0. The highest BCUT2D eigenvalue weighted by Crippen LogP contribution is 2.54. The Morgan fingerprint density at radius 3 is 2.62 bits per heavy atom. The topological polar surface area (TPSA) is 82.1 Å². The number of rotatable bonds is 2. The van der Waals surface area contributed by atoms with E-state index < -0.39 is 16.6 Å². The van der Waals surface area contributed by atoms with Gasteiger partial charge in [0.1, 0.15) is 5.82 Å². The van der Waals surface area contributed by atoms with Crippen LogP contribution in [0.5, 0.6) is 0 Å². The van der Waals surface area contributed by atoms with Crippen LogP contribution in [0.1, 0.15) is 33.3 Å². The van der Waals surface area contributed by atoms with Gasteiger partial charge in [-0.1, -0.05) is 13.8 Å². The van der Waals surface area contributed by atoms with Crippen LogP contribution in [-0.4, -0.2) is 34.4 Å². The highest BCUT2D eigenvalue weighted by Gasteiger charge is 2.61. The third-order valence-corrected chi connectivity index (χ3v) is 5.25. The monoisotopic (exact) mass is 378 g/mol. The average Bonchev–Trinajstić information content (AvgIpc) is 3.00. The molecule has 1 aromatic carbocycles. The lowest BCUT2D eigenvalue weighted by Crippen LogP contribution is -2.49. The van der Waals surface area contributed by atoms with Crippen LogP contribution in [0.2, 0.25) is 0 Å². The fourth-order valence-corrected chi connectivity index (χ4v) is 4.45. The van der Waals surface area contributed by atoms with Crippen molar-refractivity contribution in [2.24, 2.45) is 11.0 Å². The molecule has 0 aromatic heterocycles. The normalized spacial score (nSPS) is 21.5. The van der Waals surface area contributed by atoms with Gasteiger partial charge in [-0.3, -0.25) is 14.4 Å². The van der Waals surface area contributed by atoms with Crippen LogP contribution in [0, 0.1) is 11.7 Å². The summed E-state index contributed by atoms with van der Waals surface area (Å²) in [6.45, 7) is 6.93. The van der Waals surface area contributed by atoms with E-state index in [4.69, 9.17) is 0 Å². The number of hydrogen-bond acceptors (Lipinski definition) is 5. The standard InChI is InChI=1S/C17H19FN4O3S/c1-9(2)8-21-14-6-5-12(18)7-13(14)17(15(21)25)22(11(4)24)20-16(26-17)19-10(3)23/h5-7,9H,8H2,1-4H3,(H,19,20,23)/t17-/m1/s1. The maximum Gasteiger partial charge on any atom is 0.270 e. The molecule has 0 saturated heterocycles. The zero-order valence-electron chi connectivity index (χ0n) is 14.9. The first-order valence-electron chi connectivity index (χ1n) is 8.14. The molecule has 0 fully saturated rings. The van der Waals surface area contributed by atoms with Gasteiger partial charge < -0.3 is 10.2 Å². The second kappa shape index (κ2) is 6.39. The van der Waals surface area contributed by atoms with E-state index >= 15 is 0 Å². The first kappa shape index (κ1) is 18.4. The Morgan fingerprint density at radius 1 is 1.35 bits per heavy atom. The van der Waals surface area contributed by atoms with Crippen molar-refractivity contribution >= 4 is 40.3 Å². The van der Waals surface area contributed by atoms with Gasteiger partial charge in [-0.2, -0.15) is 5.01 Å². The van der Waals surface area contributed by atoms with Gasteiger partial charge in [-0.25, -0.2) is 4.39 Å². The van der Waals surface area contributed by atoms with Crippen molar-refractivity contribution in [1.82, 2.24) is 10.3 Å². The lowest BCUT2D eigenvalue weighted by molar-refractivity contribution is -0.139. The molecule has 26 heavy (non-hydrogen) atoms. The molecule has 138 valence electrons. The molecule has 2 aliphatic rings. The molecule has 7 nitrogen and oxygen atoms in total. The van der Waals surface area contributed by atoms with E-state index in [-0.39, 0.29) is 22.9 Å². The van der Waals surface area contributed by atoms with Crippen molar-refractivity contribution in [3.63, 3.8) is 0 Å². The number of nitrogens with zero attached hydrogens (tertiary/aromatic N) is 3. The van der Waals surface area contributed by atoms with Crippen molar-refractivity contribution in [2.45, 2.75) is 32.6 Å². The molecule has 2 aliphatic heterocycles. The second-order valence-corrected chi connectivity index (χ2v) is 7.82. The number of anilines is 1. The van der Waals surface area contributed by atoms with Crippen LogP contribution in [0.15, 0.2) is 23.3 Å². The van der Waals surface area contributed by atoms with Crippen molar-refractivity contribution < 1.29 is 18.8 Å². The number of nitrogens with one attached hydrogen (secondary N) is 1. The van der Waals surface area contributed by atoms with Crippen LogP contribution in [0.4, 0.5) is 10.1 Å². The van der Waals surface area contributed by atoms with Crippen molar-refractivity contribution in [3.05, 3.63) is 29.6 Å². The zero-order chi connectivity index (χ0) is 19.2. The van der Waals surface area contributed by atoms with Crippen LogP contribution in [0.3, 0.4) is 0 Å². The SMILES string of the molecule is CC(=O)NC1=NN(C(C)=O)[C@]2(S1)C(=O)N(CC(C)C)c1ccc(F)cc12. The predicted molar refractivity (Wildman–Crippen MR) is 96.6 cm³/mol. The number of amidine groups is 1. The Bertz CT molecular complexity index is 841. The summed E-state index contributed by atoms with van der Waals surface area (Å²) in [6, 6.07) is 4.07. The van der Waals surface area contributed by atoms with Gasteiger partial charge in [-0.05, 0) is 35.9 Å². The molecule has 0 aliphatic carbocycles. The fraction of sp³-hybridized carbons (Fsp3) is 0.412. The molecule has 1 N–H and O–H groups in total. The van der Waals surface area contributed by atoms with Gasteiger partial charge in [0.25, 0.3) is 5.91 Å². The molecule has 1 atom stereocenters. The minimum atomic E-state index is -1.55. The first-order chi connectivity index (χ1) is 12.2. The van der Waals surface area contributed by atoms with E-state index in [0.717, 1.165) is 16.8 Å². The molecule has 0 unspecified atom stereocenters. The fourth-order valence-electron chi connectivity index (χ4n) is 3.13. The molecule has 9 heteroatoms. The van der Waals surface area contributed by atoms with Crippen LogP contribution in [-0.2, 0) is 19.3 Å². The lowest BCUT2D eigenvalue weighted by Gasteiger charge is -2.29. The van der Waals surface area contributed by atoms with Gasteiger partial charge >= 0.3 is 0 Å². The van der Waals surface area contributed by atoms with Crippen LogP contribution >= 0.6 is 11.8 Å². The van der Waals surface area contributed by atoms with Gasteiger partial charge in [0.15, 0.2) is 5.17 Å². The Kier molecular flexibility index (Phi) is 4.51. The van der Waals surface area contributed by atoms with Gasteiger partial charge in [0.05, 0.1) is 5.69 Å². The Balaban J connectivity index is 2.16. The molecule has 0 radical (unpaired) electrons. The molecule has 3 rings (SSSR count). The van der Waals surface area contributed by atoms with E-state index in [0.29, 0.717) is 17.8 Å². The maximum absolute atomic E-state index is 14.0. The smallest absolute Gasteiger partial charge is 0.270 e. The van der Waals surface area contributed by atoms with Gasteiger partial charge in [0, 0.05) is 26.0 Å².